The van der Waals surface area contributed by atoms with Crippen molar-refractivity contribution in [2.45, 2.75) is 51.2 Å². The first-order chi connectivity index (χ1) is 6.92. The summed E-state index contributed by atoms with van der Waals surface area (Å²) in [5, 5.41) is 0.585. The standard InChI is InChI=1S/C11H21BrO2S/c1-10(2)15(13,14)9-11(8-12)6-4-3-5-7-11/h10H,3-9H2,1-2H3. The molecule has 0 heterocycles. The number of sulfone groups is 1. The van der Waals surface area contributed by atoms with Gasteiger partial charge >= 0.3 is 0 Å². The van der Waals surface area contributed by atoms with Gasteiger partial charge in [0.05, 0.1) is 11.0 Å². The molecule has 0 aromatic heterocycles. The van der Waals surface area contributed by atoms with Crippen LogP contribution in [0.1, 0.15) is 46.0 Å². The zero-order valence-electron chi connectivity index (χ0n) is 9.63. The summed E-state index contributed by atoms with van der Waals surface area (Å²) in [4.78, 5) is 0. The quantitative estimate of drug-likeness (QED) is 0.747. The Morgan fingerprint density at radius 2 is 1.73 bits per heavy atom. The van der Waals surface area contributed by atoms with Gasteiger partial charge in [-0.05, 0) is 32.1 Å². The van der Waals surface area contributed by atoms with E-state index in [1.165, 1.54) is 19.3 Å². The predicted octanol–water partition coefficient (Wildman–Crippen LogP) is 3.16. The van der Waals surface area contributed by atoms with Gasteiger partial charge in [-0.3, -0.25) is 0 Å². The fourth-order valence-electron chi connectivity index (χ4n) is 2.21. The average Bonchev–Trinajstić information content (AvgIpc) is 2.18. The zero-order chi connectivity index (χ0) is 11.5. The van der Waals surface area contributed by atoms with Crippen LogP contribution in [0.2, 0.25) is 0 Å². The van der Waals surface area contributed by atoms with E-state index >= 15 is 0 Å². The van der Waals surface area contributed by atoms with Crippen molar-refractivity contribution in [1.82, 2.24) is 0 Å². The van der Waals surface area contributed by atoms with Crippen LogP contribution in [0.3, 0.4) is 0 Å². The Kier molecular flexibility index (Phi) is 4.65. The van der Waals surface area contributed by atoms with Gasteiger partial charge in [0.25, 0.3) is 0 Å². The van der Waals surface area contributed by atoms with Crippen LogP contribution in [0.25, 0.3) is 0 Å². The van der Waals surface area contributed by atoms with Crippen LogP contribution in [-0.2, 0) is 9.84 Å². The van der Waals surface area contributed by atoms with Gasteiger partial charge in [-0.25, -0.2) is 8.42 Å². The number of halogens is 1. The van der Waals surface area contributed by atoms with Crippen LogP contribution >= 0.6 is 15.9 Å². The molecule has 0 unspecified atom stereocenters. The Morgan fingerprint density at radius 3 is 2.13 bits per heavy atom. The van der Waals surface area contributed by atoms with Crippen LogP contribution in [0, 0.1) is 5.41 Å². The van der Waals surface area contributed by atoms with Gasteiger partial charge in [-0.1, -0.05) is 35.2 Å². The van der Waals surface area contributed by atoms with Crippen LogP contribution < -0.4 is 0 Å². The van der Waals surface area contributed by atoms with E-state index in [9.17, 15) is 8.42 Å². The third-order valence-corrected chi connectivity index (χ3v) is 7.06. The second-order valence-electron chi connectivity index (χ2n) is 5.05. The second-order valence-corrected chi connectivity index (χ2v) is 8.17. The van der Waals surface area contributed by atoms with Gasteiger partial charge in [0.1, 0.15) is 0 Å². The molecule has 0 N–H and O–H groups in total. The van der Waals surface area contributed by atoms with Gasteiger partial charge in [0, 0.05) is 5.33 Å². The van der Waals surface area contributed by atoms with E-state index in [1.54, 1.807) is 13.8 Å². The molecule has 1 fully saturated rings. The summed E-state index contributed by atoms with van der Waals surface area (Å²) < 4.78 is 23.9. The number of hydrogen-bond acceptors (Lipinski definition) is 2. The van der Waals surface area contributed by atoms with Crippen LogP contribution in [0.15, 0.2) is 0 Å². The maximum Gasteiger partial charge on any atom is 0.153 e. The molecule has 0 radical (unpaired) electrons. The topological polar surface area (TPSA) is 34.1 Å². The molecular weight excluding hydrogens is 276 g/mol. The Morgan fingerprint density at radius 1 is 1.20 bits per heavy atom. The highest BCUT2D eigenvalue weighted by Crippen LogP contribution is 2.39. The van der Waals surface area contributed by atoms with Crippen molar-refractivity contribution in [1.29, 1.82) is 0 Å². The summed E-state index contributed by atoms with van der Waals surface area (Å²) in [5.74, 6) is 0.364. The van der Waals surface area contributed by atoms with Gasteiger partial charge < -0.3 is 0 Å². The Labute approximate surface area is 102 Å². The van der Waals surface area contributed by atoms with Crippen LogP contribution in [0.5, 0.6) is 0 Å². The molecule has 0 bridgehead atoms. The molecule has 15 heavy (non-hydrogen) atoms. The molecule has 1 aliphatic carbocycles. The molecule has 0 aliphatic heterocycles. The Hall–Kier alpha value is 0.430. The highest BCUT2D eigenvalue weighted by atomic mass is 79.9. The molecule has 90 valence electrons. The van der Waals surface area contributed by atoms with Crippen molar-refractivity contribution in [2.24, 2.45) is 5.41 Å². The third-order valence-electron chi connectivity index (χ3n) is 3.42. The van der Waals surface area contributed by atoms with Crippen molar-refractivity contribution < 1.29 is 8.42 Å². The first kappa shape index (κ1) is 13.5. The molecule has 1 rings (SSSR count). The smallest absolute Gasteiger partial charge is 0.153 e. The van der Waals surface area contributed by atoms with E-state index in [4.69, 9.17) is 0 Å². The lowest BCUT2D eigenvalue weighted by atomic mass is 9.77. The average molecular weight is 297 g/mol. The fourth-order valence-corrected chi connectivity index (χ4v) is 4.81. The highest BCUT2D eigenvalue weighted by Gasteiger charge is 2.36. The highest BCUT2D eigenvalue weighted by molar-refractivity contribution is 9.09. The number of hydrogen-bond donors (Lipinski definition) is 0. The monoisotopic (exact) mass is 296 g/mol. The molecule has 0 spiro atoms. The lowest BCUT2D eigenvalue weighted by Gasteiger charge is -2.35. The second kappa shape index (κ2) is 5.17. The van der Waals surface area contributed by atoms with E-state index in [0.717, 1.165) is 18.2 Å². The lowest BCUT2D eigenvalue weighted by molar-refractivity contribution is 0.255. The van der Waals surface area contributed by atoms with Crippen LogP contribution in [0.4, 0.5) is 0 Å². The van der Waals surface area contributed by atoms with Crippen molar-refractivity contribution in [3.05, 3.63) is 0 Å². The van der Waals surface area contributed by atoms with E-state index in [0.29, 0.717) is 5.75 Å². The minimum Gasteiger partial charge on any atom is -0.229 e. The number of alkyl halides is 1. The van der Waals surface area contributed by atoms with Crippen LogP contribution in [-0.4, -0.2) is 24.8 Å². The lowest BCUT2D eigenvalue weighted by Crippen LogP contribution is -2.36. The molecule has 1 saturated carbocycles. The summed E-state index contributed by atoms with van der Waals surface area (Å²) in [6, 6.07) is 0. The van der Waals surface area contributed by atoms with Crippen molar-refractivity contribution >= 4 is 25.8 Å². The maximum absolute atomic E-state index is 11.9. The minimum absolute atomic E-state index is 0.0152. The van der Waals surface area contributed by atoms with Crippen molar-refractivity contribution in [2.75, 3.05) is 11.1 Å². The van der Waals surface area contributed by atoms with E-state index in [2.05, 4.69) is 15.9 Å². The molecule has 2 nitrogen and oxygen atoms in total. The summed E-state index contributed by atoms with van der Waals surface area (Å²) >= 11 is 3.51. The molecule has 4 heteroatoms. The SMILES string of the molecule is CC(C)S(=O)(=O)CC1(CBr)CCCCC1. The largest absolute Gasteiger partial charge is 0.229 e. The van der Waals surface area contributed by atoms with E-state index < -0.39 is 9.84 Å². The molecule has 0 saturated heterocycles. The summed E-state index contributed by atoms with van der Waals surface area (Å²) in [6.45, 7) is 3.56. The van der Waals surface area contributed by atoms with E-state index in [-0.39, 0.29) is 10.7 Å². The first-order valence-electron chi connectivity index (χ1n) is 5.69. The third kappa shape index (κ3) is 3.45. The van der Waals surface area contributed by atoms with E-state index in [1.807, 2.05) is 0 Å². The molecule has 0 aromatic rings. The molecule has 0 amide bonds. The Balaban J connectivity index is 2.76. The zero-order valence-corrected chi connectivity index (χ0v) is 12.0. The maximum atomic E-state index is 11.9. The first-order valence-corrected chi connectivity index (χ1v) is 8.53. The Bertz CT molecular complexity index is 290. The predicted molar refractivity (Wildman–Crippen MR) is 68.2 cm³/mol. The summed E-state index contributed by atoms with van der Waals surface area (Å²) in [7, 11) is -2.90. The molecule has 0 aromatic carbocycles. The van der Waals surface area contributed by atoms with Crippen molar-refractivity contribution in [3.8, 4) is 0 Å². The molecule has 1 aliphatic rings. The fraction of sp³-hybridized carbons (Fsp3) is 1.00. The van der Waals surface area contributed by atoms with Gasteiger partial charge in [-0.15, -0.1) is 0 Å². The summed E-state index contributed by atoms with van der Waals surface area (Å²) in [5.41, 5.74) is 0.0152. The summed E-state index contributed by atoms with van der Waals surface area (Å²) in [6.07, 6.45) is 5.74. The minimum atomic E-state index is -2.90. The van der Waals surface area contributed by atoms with Gasteiger partial charge in [-0.2, -0.15) is 0 Å². The van der Waals surface area contributed by atoms with Gasteiger partial charge in [0.15, 0.2) is 9.84 Å². The number of rotatable bonds is 4. The normalized spacial score (nSPS) is 21.9. The van der Waals surface area contributed by atoms with Gasteiger partial charge in [0.2, 0.25) is 0 Å². The molecular formula is C11H21BrO2S. The molecule has 0 atom stereocenters. The van der Waals surface area contributed by atoms with Crippen molar-refractivity contribution in [3.63, 3.8) is 0 Å².